The molecule has 2 fully saturated rings. The van der Waals surface area contributed by atoms with Crippen molar-refractivity contribution in [2.75, 3.05) is 39.6 Å². The second-order valence-electron chi connectivity index (χ2n) is 10.7. The van der Waals surface area contributed by atoms with E-state index in [4.69, 9.17) is 28.4 Å². The predicted octanol–water partition coefficient (Wildman–Crippen LogP) is 6.37. The molecule has 6 rings (SSSR count). The first kappa shape index (κ1) is 29.4. The van der Waals surface area contributed by atoms with Crippen molar-refractivity contribution in [2.45, 2.75) is 25.0 Å². The van der Waals surface area contributed by atoms with Crippen LogP contribution in [0.3, 0.4) is 0 Å². The molecule has 2 heterocycles. The van der Waals surface area contributed by atoms with Crippen LogP contribution in [0.25, 0.3) is 22.3 Å². The van der Waals surface area contributed by atoms with Gasteiger partial charge in [-0.25, -0.2) is 9.59 Å². The topological polar surface area (TPSA) is 96.1 Å². The van der Waals surface area contributed by atoms with Crippen molar-refractivity contribution in [1.82, 2.24) is 0 Å². The molecule has 0 N–H and O–H groups in total. The summed E-state index contributed by atoms with van der Waals surface area (Å²) in [6.07, 6.45) is 1.62. The van der Waals surface area contributed by atoms with Gasteiger partial charge >= 0.3 is 11.9 Å². The molecule has 8 heteroatoms. The van der Waals surface area contributed by atoms with Gasteiger partial charge in [-0.15, -0.1) is 0 Å². The zero-order valence-electron chi connectivity index (χ0n) is 24.3. The summed E-state index contributed by atoms with van der Waals surface area (Å²) in [5.74, 6) is 0.847. The van der Waals surface area contributed by atoms with Gasteiger partial charge in [0.1, 0.15) is 36.9 Å². The number of esters is 2. The second-order valence-corrected chi connectivity index (χ2v) is 10.7. The van der Waals surface area contributed by atoms with Crippen LogP contribution < -0.4 is 9.47 Å². The second kappa shape index (κ2) is 14.2. The Bertz CT molecular complexity index is 1400. The minimum atomic E-state index is -0.380. The summed E-state index contributed by atoms with van der Waals surface area (Å²) in [6.45, 7) is 3.17. The standard InChI is InChI=1S/C36H34O8/c37-35(29-7-3-25(4-8-29)27-11-15-31(16-12-27)41-21-33-23-43-33)39-19-1-2-20-40-36(38)30-9-5-26(6-10-30)28-13-17-32(18-14-28)42-22-34-24-44-34/h3-18,33-34H,1-2,19-24H2. The largest absolute Gasteiger partial charge is 0.491 e. The van der Waals surface area contributed by atoms with Crippen LogP contribution in [0.4, 0.5) is 0 Å². The Morgan fingerprint density at radius 3 is 1.16 bits per heavy atom. The van der Waals surface area contributed by atoms with Gasteiger partial charge < -0.3 is 28.4 Å². The fourth-order valence-electron chi connectivity index (χ4n) is 4.49. The lowest BCUT2D eigenvalue weighted by Crippen LogP contribution is -2.09. The van der Waals surface area contributed by atoms with E-state index >= 15 is 0 Å². The summed E-state index contributed by atoms with van der Waals surface area (Å²) in [6, 6.07) is 30.3. The van der Waals surface area contributed by atoms with Crippen LogP contribution in [0.2, 0.25) is 0 Å². The fourth-order valence-corrected chi connectivity index (χ4v) is 4.49. The lowest BCUT2D eigenvalue weighted by Gasteiger charge is -2.09. The molecule has 0 radical (unpaired) electrons. The van der Waals surface area contributed by atoms with Gasteiger partial charge in [-0.3, -0.25) is 0 Å². The quantitative estimate of drug-likeness (QED) is 0.0890. The zero-order valence-corrected chi connectivity index (χ0v) is 24.3. The van der Waals surface area contributed by atoms with E-state index in [1.165, 1.54) is 0 Å². The summed E-state index contributed by atoms with van der Waals surface area (Å²) >= 11 is 0. The zero-order chi connectivity index (χ0) is 30.1. The highest BCUT2D eigenvalue weighted by atomic mass is 16.6. The maximum atomic E-state index is 12.5. The molecule has 0 saturated carbocycles. The predicted molar refractivity (Wildman–Crippen MR) is 164 cm³/mol. The molecule has 4 aromatic rings. The highest BCUT2D eigenvalue weighted by Gasteiger charge is 2.23. The number of carbonyl (C=O) groups is 2. The molecular formula is C36H34O8. The minimum Gasteiger partial charge on any atom is -0.491 e. The van der Waals surface area contributed by atoms with Gasteiger partial charge in [0.2, 0.25) is 0 Å². The van der Waals surface area contributed by atoms with Gasteiger partial charge in [-0.2, -0.15) is 0 Å². The molecule has 0 spiro atoms. The molecule has 44 heavy (non-hydrogen) atoms. The van der Waals surface area contributed by atoms with Crippen LogP contribution in [0.1, 0.15) is 33.6 Å². The number of carbonyl (C=O) groups excluding carboxylic acids is 2. The molecule has 0 aromatic heterocycles. The van der Waals surface area contributed by atoms with E-state index < -0.39 is 0 Å². The van der Waals surface area contributed by atoms with Gasteiger partial charge in [-0.05, 0) is 83.6 Å². The number of benzene rings is 4. The Morgan fingerprint density at radius 2 is 0.841 bits per heavy atom. The van der Waals surface area contributed by atoms with Crippen LogP contribution in [0.5, 0.6) is 11.5 Å². The smallest absolute Gasteiger partial charge is 0.338 e. The molecule has 226 valence electrons. The molecule has 0 aliphatic carbocycles. The first-order valence-electron chi connectivity index (χ1n) is 14.8. The van der Waals surface area contributed by atoms with Gasteiger partial charge in [-0.1, -0.05) is 48.5 Å². The first-order chi connectivity index (χ1) is 21.6. The molecule has 2 unspecified atom stereocenters. The Balaban J connectivity index is 0.870. The van der Waals surface area contributed by atoms with Crippen molar-refractivity contribution in [2.24, 2.45) is 0 Å². The summed E-state index contributed by atoms with van der Waals surface area (Å²) in [5.41, 5.74) is 5.02. The van der Waals surface area contributed by atoms with E-state index in [0.29, 0.717) is 37.2 Å². The highest BCUT2D eigenvalue weighted by molar-refractivity contribution is 5.90. The van der Waals surface area contributed by atoms with Crippen LogP contribution in [0.15, 0.2) is 97.1 Å². The van der Waals surface area contributed by atoms with Crippen molar-refractivity contribution in [3.63, 3.8) is 0 Å². The number of rotatable bonds is 15. The molecule has 2 aliphatic rings. The number of ether oxygens (including phenoxy) is 6. The fraction of sp³-hybridized carbons (Fsp3) is 0.278. The number of unbranched alkanes of at least 4 members (excludes halogenated alkanes) is 1. The van der Waals surface area contributed by atoms with Crippen molar-refractivity contribution in [1.29, 1.82) is 0 Å². The Kier molecular flexibility index (Phi) is 9.50. The number of hydrogen-bond acceptors (Lipinski definition) is 8. The van der Waals surface area contributed by atoms with E-state index in [1.807, 2.05) is 72.8 Å². The maximum Gasteiger partial charge on any atom is 0.338 e. The Morgan fingerprint density at radius 1 is 0.523 bits per heavy atom. The molecule has 2 atom stereocenters. The van der Waals surface area contributed by atoms with Crippen molar-refractivity contribution < 1.29 is 38.0 Å². The lowest BCUT2D eigenvalue weighted by molar-refractivity contribution is 0.0432. The number of hydrogen-bond donors (Lipinski definition) is 0. The third-order valence-electron chi connectivity index (χ3n) is 7.30. The normalized spacial score (nSPS) is 16.5. The molecule has 2 saturated heterocycles. The average Bonchev–Trinajstić information content (AvgIpc) is 4.01. The van der Waals surface area contributed by atoms with E-state index in [2.05, 4.69) is 0 Å². The van der Waals surface area contributed by atoms with E-state index in [1.54, 1.807) is 24.3 Å². The Hall–Kier alpha value is -4.66. The highest BCUT2D eigenvalue weighted by Crippen LogP contribution is 2.25. The molecule has 4 aromatic carbocycles. The van der Waals surface area contributed by atoms with Crippen molar-refractivity contribution >= 4 is 11.9 Å². The van der Waals surface area contributed by atoms with Crippen LogP contribution in [-0.2, 0) is 18.9 Å². The van der Waals surface area contributed by atoms with E-state index in [0.717, 1.165) is 47.0 Å². The van der Waals surface area contributed by atoms with Gasteiger partial charge in [0.25, 0.3) is 0 Å². The molecule has 2 aliphatic heterocycles. The molecule has 0 amide bonds. The van der Waals surface area contributed by atoms with Gasteiger partial charge in [0.15, 0.2) is 0 Å². The van der Waals surface area contributed by atoms with Crippen LogP contribution >= 0.6 is 0 Å². The molecule has 0 bridgehead atoms. The summed E-state index contributed by atoms with van der Waals surface area (Å²) in [4.78, 5) is 24.9. The third kappa shape index (κ3) is 8.46. The first-order valence-corrected chi connectivity index (χ1v) is 14.8. The summed E-state index contributed by atoms with van der Waals surface area (Å²) in [5, 5.41) is 0. The minimum absolute atomic E-state index is 0.221. The van der Waals surface area contributed by atoms with Crippen molar-refractivity contribution in [3.05, 3.63) is 108 Å². The van der Waals surface area contributed by atoms with E-state index in [9.17, 15) is 9.59 Å². The number of epoxide rings is 2. The third-order valence-corrected chi connectivity index (χ3v) is 7.30. The van der Waals surface area contributed by atoms with E-state index in [-0.39, 0.29) is 37.4 Å². The van der Waals surface area contributed by atoms with Gasteiger partial charge in [0.05, 0.1) is 37.6 Å². The summed E-state index contributed by atoms with van der Waals surface area (Å²) in [7, 11) is 0. The maximum absolute atomic E-state index is 12.5. The molecular weight excluding hydrogens is 560 g/mol. The SMILES string of the molecule is O=C(OCCCCOC(=O)c1ccc(-c2ccc(OCC3CO3)cc2)cc1)c1ccc(-c2ccc(OCC3CO3)cc2)cc1. The molecule has 8 nitrogen and oxygen atoms in total. The lowest BCUT2D eigenvalue weighted by atomic mass is 10.0. The summed E-state index contributed by atoms with van der Waals surface area (Å²) < 4.78 is 32.5. The van der Waals surface area contributed by atoms with Gasteiger partial charge in [0, 0.05) is 0 Å². The Labute approximate surface area is 256 Å². The van der Waals surface area contributed by atoms with Crippen LogP contribution in [0, 0.1) is 0 Å². The average molecular weight is 595 g/mol. The van der Waals surface area contributed by atoms with Crippen molar-refractivity contribution in [3.8, 4) is 33.8 Å². The van der Waals surface area contributed by atoms with Crippen LogP contribution in [-0.4, -0.2) is 63.8 Å². The monoisotopic (exact) mass is 594 g/mol.